The SMILES string of the molecule is COc1ccc(-c2cc3nc(C)c(CCC(=O)NC[C@H]4CCN(C5CCCC5)C4)c(C)n3n2)c(OC)c1. The maximum absolute atomic E-state index is 12.7. The van der Waals surface area contributed by atoms with E-state index in [1.165, 1.54) is 38.6 Å². The van der Waals surface area contributed by atoms with Crippen LogP contribution in [0.5, 0.6) is 11.5 Å². The summed E-state index contributed by atoms with van der Waals surface area (Å²) in [6, 6.07) is 8.45. The van der Waals surface area contributed by atoms with Crippen LogP contribution < -0.4 is 14.8 Å². The van der Waals surface area contributed by atoms with Crippen molar-refractivity contribution in [1.29, 1.82) is 0 Å². The summed E-state index contributed by atoms with van der Waals surface area (Å²) in [6.45, 7) is 7.15. The smallest absolute Gasteiger partial charge is 0.220 e. The minimum absolute atomic E-state index is 0.113. The van der Waals surface area contributed by atoms with Crippen molar-refractivity contribution in [3.63, 3.8) is 0 Å². The van der Waals surface area contributed by atoms with E-state index in [9.17, 15) is 4.79 Å². The second-order valence-electron chi connectivity index (χ2n) is 10.5. The van der Waals surface area contributed by atoms with Crippen molar-refractivity contribution < 1.29 is 14.3 Å². The summed E-state index contributed by atoms with van der Waals surface area (Å²) >= 11 is 0. The van der Waals surface area contributed by atoms with Gasteiger partial charge < -0.3 is 19.7 Å². The maximum Gasteiger partial charge on any atom is 0.220 e. The highest BCUT2D eigenvalue weighted by Crippen LogP contribution is 2.33. The van der Waals surface area contributed by atoms with Gasteiger partial charge in [-0.2, -0.15) is 5.10 Å². The van der Waals surface area contributed by atoms with Gasteiger partial charge in [-0.25, -0.2) is 9.50 Å². The fourth-order valence-corrected chi connectivity index (χ4v) is 6.05. The number of methoxy groups -OCH3 is 2. The lowest BCUT2D eigenvalue weighted by atomic mass is 10.1. The Morgan fingerprint density at radius 2 is 1.92 bits per heavy atom. The van der Waals surface area contributed by atoms with Gasteiger partial charge in [0.15, 0.2) is 5.65 Å². The molecule has 0 spiro atoms. The molecule has 1 saturated heterocycles. The van der Waals surface area contributed by atoms with E-state index >= 15 is 0 Å². The number of fused-ring (bicyclic) bond motifs is 1. The molecule has 1 saturated carbocycles. The van der Waals surface area contributed by atoms with Gasteiger partial charge in [-0.05, 0) is 69.7 Å². The van der Waals surface area contributed by atoms with Crippen LogP contribution >= 0.6 is 0 Å². The van der Waals surface area contributed by atoms with Gasteiger partial charge in [0.05, 0.1) is 19.9 Å². The van der Waals surface area contributed by atoms with E-state index < -0.39 is 0 Å². The highest BCUT2D eigenvalue weighted by Gasteiger charge is 2.30. The molecular formula is C29H39N5O3. The maximum atomic E-state index is 12.7. The number of ether oxygens (including phenoxy) is 2. The zero-order valence-electron chi connectivity index (χ0n) is 22.5. The number of nitrogens with zero attached hydrogens (tertiary/aromatic N) is 4. The molecule has 198 valence electrons. The third kappa shape index (κ3) is 5.44. The molecule has 1 atom stereocenters. The molecule has 2 aromatic heterocycles. The standard InChI is InChI=1S/C29H39N5O3/c1-19-24(11-12-29(35)30-17-21-13-14-33(18-21)22-7-5-6-8-22)20(2)34-28(31-19)16-26(32-34)25-10-9-23(36-3)15-27(25)37-4/h9-10,15-16,21-22H,5-8,11-14,17-18H2,1-4H3,(H,30,35)/t21-/m1/s1. The first-order chi connectivity index (χ1) is 18.0. The number of aromatic nitrogens is 3. The van der Waals surface area contributed by atoms with Gasteiger partial charge in [-0.3, -0.25) is 4.79 Å². The summed E-state index contributed by atoms with van der Waals surface area (Å²) in [5.41, 5.74) is 5.47. The van der Waals surface area contributed by atoms with Crippen LogP contribution in [0, 0.1) is 19.8 Å². The van der Waals surface area contributed by atoms with Crippen LogP contribution in [0.15, 0.2) is 24.3 Å². The van der Waals surface area contributed by atoms with E-state index in [0.29, 0.717) is 24.5 Å². The molecule has 3 aromatic rings. The molecular weight excluding hydrogens is 466 g/mol. The minimum Gasteiger partial charge on any atom is -0.497 e. The van der Waals surface area contributed by atoms with Crippen LogP contribution in [-0.4, -0.2) is 65.3 Å². The predicted octanol–water partition coefficient (Wildman–Crippen LogP) is 4.34. The average molecular weight is 506 g/mol. The van der Waals surface area contributed by atoms with Crippen molar-refractivity contribution in [2.75, 3.05) is 33.9 Å². The van der Waals surface area contributed by atoms with Gasteiger partial charge in [0.25, 0.3) is 0 Å². The van der Waals surface area contributed by atoms with E-state index in [1.807, 2.05) is 42.6 Å². The lowest BCUT2D eigenvalue weighted by Gasteiger charge is -2.23. The summed E-state index contributed by atoms with van der Waals surface area (Å²) in [7, 11) is 3.28. The molecule has 3 heterocycles. The van der Waals surface area contributed by atoms with Crippen molar-refractivity contribution in [2.45, 2.75) is 64.8 Å². The van der Waals surface area contributed by atoms with Gasteiger partial charge >= 0.3 is 0 Å². The fourth-order valence-electron chi connectivity index (χ4n) is 6.05. The van der Waals surface area contributed by atoms with E-state index in [1.54, 1.807) is 14.2 Å². The first-order valence-electron chi connectivity index (χ1n) is 13.6. The molecule has 0 unspecified atom stereocenters. The zero-order chi connectivity index (χ0) is 25.9. The van der Waals surface area contributed by atoms with Crippen LogP contribution in [0.3, 0.4) is 0 Å². The van der Waals surface area contributed by atoms with E-state index in [0.717, 1.165) is 58.7 Å². The number of likely N-dealkylation sites (tertiary alicyclic amines) is 1. The van der Waals surface area contributed by atoms with Gasteiger partial charge in [0.2, 0.25) is 5.91 Å². The third-order valence-corrected chi connectivity index (χ3v) is 8.20. The molecule has 1 aliphatic heterocycles. The number of nitrogens with one attached hydrogen (secondary N) is 1. The lowest BCUT2D eigenvalue weighted by Crippen LogP contribution is -2.34. The number of carbonyl (C=O) groups excluding carboxylic acids is 1. The highest BCUT2D eigenvalue weighted by molar-refractivity contribution is 5.76. The van der Waals surface area contributed by atoms with Crippen LogP contribution in [0.4, 0.5) is 0 Å². The Morgan fingerprint density at radius 3 is 2.68 bits per heavy atom. The Balaban J connectivity index is 1.22. The largest absolute Gasteiger partial charge is 0.497 e. The molecule has 0 bridgehead atoms. The molecule has 1 amide bonds. The molecule has 37 heavy (non-hydrogen) atoms. The molecule has 2 aliphatic rings. The summed E-state index contributed by atoms with van der Waals surface area (Å²) in [5.74, 6) is 2.11. The number of amides is 1. The lowest BCUT2D eigenvalue weighted by molar-refractivity contribution is -0.121. The zero-order valence-corrected chi connectivity index (χ0v) is 22.5. The molecule has 5 rings (SSSR count). The summed E-state index contributed by atoms with van der Waals surface area (Å²) < 4.78 is 12.8. The van der Waals surface area contributed by atoms with Crippen molar-refractivity contribution in [2.24, 2.45) is 5.92 Å². The van der Waals surface area contributed by atoms with Crippen LogP contribution in [0.25, 0.3) is 16.9 Å². The first kappa shape index (κ1) is 25.5. The normalized spacial score (nSPS) is 18.5. The Bertz CT molecular complexity index is 1260. The summed E-state index contributed by atoms with van der Waals surface area (Å²) in [4.78, 5) is 20.2. The van der Waals surface area contributed by atoms with Crippen molar-refractivity contribution in [1.82, 2.24) is 24.8 Å². The van der Waals surface area contributed by atoms with Crippen molar-refractivity contribution >= 4 is 11.6 Å². The fraction of sp³-hybridized carbons (Fsp3) is 0.552. The average Bonchev–Trinajstić information content (AvgIpc) is 3.67. The second kappa shape index (κ2) is 11.1. The Labute approximate surface area is 219 Å². The number of hydrogen-bond donors (Lipinski definition) is 1. The molecule has 1 aliphatic carbocycles. The Morgan fingerprint density at radius 1 is 1.11 bits per heavy atom. The van der Waals surface area contributed by atoms with Gasteiger partial charge in [0, 0.05) is 54.6 Å². The summed E-state index contributed by atoms with van der Waals surface area (Å²) in [5, 5.41) is 8.03. The number of rotatable bonds is 9. The highest BCUT2D eigenvalue weighted by atomic mass is 16.5. The number of hydrogen-bond acceptors (Lipinski definition) is 6. The summed E-state index contributed by atoms with van der Waals surface area (Å²) in [6.07, 6.45) is 7.73. The van der Waals surface area contributed by atoms with Gasteiger partial charge in [-0.15, -0.1) is 0 Å². The van der Waals surface area contributed by atoms with Gasteiger partial charge in [0.1, 0.15) is 11.5 Å². The quantitative estimate of drug-likeness (QED) is 0.466. The molecule has 2 fully saturated rings. The van der Waals surface area contributed by atoms with Crippen molar-refractivity contribution in [3.05, 3.63) is 41.2 Å². The third-order valence-electron chi connectivity index (χ3n) is 8.20. The van der Waals surface area contributed by atoms with Crippen molar-refractivity contribution in [3.8, 4) is 22.8 Å². The van der Waals surface area contributed by atoms with Crippen LogP contribution in [0.2, 0.25) is 0 Å². The molecule has 1 aromatic carbocycles. The first-order valence-corrected chi connectivity index (χ1v) is 13.6. The van der Waals surface area contributed by atoms with Crippen LogP contribution in [-0.2, 0) is 11.2 Å². The minimum atomic E-state index is 0.113. The Hall–Kier alpha value is -3.13. The van der Waals surface area contributed by atoms with E-state index in [2.05, 4.69) is 10.2 Å². The number of aryl methyl sites for hydroxylation is 2. The molecule has 8 nitrogen and oxygen atoms in total. The topological polar surface area (TPSA) is 81.0 Å². The molecule has 0 radical (unpaired) electrons. The number of carbonyl (C=O) groups is 1. The van der Waals surface area contributed by atoms with Gasteiger partial charge in [-0.1, -0.05) is 12.8 Å². The Kier molecular flexibility index (Phi) is 7.65. The molecule has 1 N–H and O–H groups in total. The number of benzene rings is 1. The molecule has 8 heteroatoms. The second-order valence-corrected chi connectivity index (χ2v) is 10.5. The monoisotopic (exact) mass is 505 g/mol. The van der Waals surface area contributed by atoms with E-state index in [4.69, 9.17) is 19.6 Å². The van der Waals surface area contributed by atoms with E-state index in [-0.39, 0.29) is 5.91 Å². The predicted molar refractivity (Wildman–Crippen MR) is 144 cm³/mol. The van der Waals surface area contributed by atoms with Crippen LogP contribution in [0.1, 0.15) is 55.5 Å².